The van der Waals surface area contributed by atoms with Gasteiger partial charge >= 0.3 is 7.82 Å². The van der Waals surface area contributed by atoms with E-state index in [2.05, 4.69) is 36.4 Å². The van der Waals surface area contributed by atoms with Crippen molar-refractivity contribution in [2.45, 2.75) is 23.0 Å². The first kappa shape index (κ1) is 15.4. The molecule has 0 bridgehead atoms. The Hall–Kier alpha value is 1.36. The maximum atomic E-state index is 10.3. The fourth-order valence-electron chi connectivity index (χ4n) is 0.700. The molecule has 2 N–H and O–H groups in total. The van der Waals surface area contributed by atoms with E-state index < -0.39 is 7.82 Å². The van der Waals surface area contributed by atoms with E-state index in [1.54, 1.807) is 0 Å². The highest BCUT2D eigenvalue weighted by Crippen LogP contribution is 2.36. The minimum absolute atomic E-state index is 0.131. The second-order valence-electron chi connectivity index (χ2n) is 2.71. The van der Waals surface area contributed by atoms with E-state index >= 15 is 0 Å². The Morgan fingerprint density at radius 2 is 2.00 bits per heavy atom. The van der Waals surface area contributed by atoms with Gasteiger partial charge in [0.25, 0.3) is 0 Å². The van der Waals surface area contributed by atoms with Crippen LogP contribution in [0.5, 0.6) is 0 Å². The van der Waals surface area contributed by atoms with Crippen molar-refractivity contribution in [1.82, 2.24) is 0 Å². The summed E-state index contributed by atoms with van der Waals surface area (Å²) in [7, 11) is -4.38. The Kier molecular flexibility index (Phi) is 8.34. The van der Waals surface area contributed by atoms with Crippen LogP contribution in [-0.4, -0.2) is 31.9 Å². The van der Waals surface area contributed by atoms with Crippen molar-refractivity contribution in [3.05, 3.63) is 0 Å². The average Bonchev–Trinajstić information content (AvgIpc) is 2.09. The van der Waals surface area contributed by atoms with Gasteiger partial charge in [0.15, 0.2) is 0 Å². The smallest absolute Gasteiger partial charge is 0.303 e. The van der Waals surface area contributed by atoms with Crippen LogP contribution in [0.4, 0.5) is 0 Å². The Balaban J connectivity index is 3.56. The summed E-state index contributed by atoms with van der Waals surface area (Å²) in [5, 5.41) is 0.442. The van der Waals surface area contributed by atoms with Crippen LogP contribution in [0, 0.1) is 0 Å². The van der Waals surface area contributed by atoms with E-state index in [4.69, 9.17) is 21.4 Å². The Bertz CT molecular complexity index is 200. The zero-order chi connectivity index (χ0) is 11.2. The third-order valence-corrected chi connectivity index (χ3v) is 4.65. The van der Waals surface area contributed by atoms with E-state index in [9.17, 15) is 4.57 Å². The second-order valence-corrected chi connectivity index (χ2v) is 6.51. The molecule has 0 saturated carbocycles. The first-order valence-corrected chi connectivity index (χ1v) is 7.89. The SMILES string of the molecule is O=P(O)(O)OCC(Cl)CCC(Br)CBr. The van der Waals surface area contributed by atoms with Crippen molar-refractivity contribution in [2.75, 3.05) is 11.9 Å². The first-order valence-electron chi connectivity index (χ1n) is 3.89. The summed E-state index contributed by atoms with van der Waals surface area (Å²) in [5.74, 6) is 0. The maximum absolute atomic E-state index is 10.3. The van der Waals surface area contributed by atoms with E-state index in [1.807, 2.05) is 0 Å². The van der Waals surface area contributed by atoms with Crippen molar-refractivity contribution >= 4 is 51.3 Å². The molecular weight excluding hydrogens is 362 g/mol. The summed E-state index contributed by atoms with van der Waals surface area (Å²) in [6.07, 6.45) is 1.47. The van der Waals surface area contributed by atoms with Crippen molar-refractivity contribution < 1.29 is 18.9 Å². The summed E-state index contributed by atoms with van der Waals surface area (Å²) >= 11 is 12.5. The van der Waals surface area contributed by atoms with Crippen molar-refractivity contribution in [3.8, 4) is 0 Å². The highest BCUT2D eigenvalue weighted by atomic mass is 79.9. The number of halogens is 3. The van der Waals surface area contributed by atoms with Gasteiger partial charge in [-0.15, -0.1) is 11.6 Å². The average molecular weight is 374 g/mol. The summed E-state index contributed by atoms with van der Waals surface area (Å²) in [4.78, 5) is 17.1. The molecule has 0 amide bonds. The Labute approximate surface area is 105 Å². The predicted octanol–water partition coefficient (Wildman–Crippen LogP) is 2.64. The van der Waals surface area contributed by atoms with Gasteiger partial charge < -0.3 is 9.79 Å². The van der Waals surface area contributed by atoms with Gasteiger partial charge in [-0.05, 0) is 12.8 Å². The molecule has 0 saturated heterocycles. The predicted molar refractivity (Wildman–Crippen MR) is 63.4 cm³/mol. The zero-order valence-electron chi connectivity index (χ0n) is 7.28. The highest BCUT2D eigenvalue weighted by Gasteiger charge is 2.17. The van der Waals surface area contributed by atoms with E-state index in [1.165, 1.54) is 0 Å². The highest BCUT2D eigenvalue weighted by molar-refractivity contribution is 9.12. The van der Waals surface area contributed by atoms with Gasteiger partial charge in [-0.2, -0.15) is 0 Å². The number of hydrogen-bond acceptors (Lipinski definition) is 2. The standard InChI is InChI=1S/C6H12Br2ClO4P/c7-3-5(8)1-2-6(9)4-13-14(10,11)12/h5-6H,1-4H2,(H2,10,11,12). The molecule has 2 atom stereocenters. The normalized spacial score (nSPS) is 16.6. The van der Waals surface area contributed by atoms with E-state index in [0.717, 1.165) is 11.8 Å². The number of phosphoric acid groups is 1. The molecule has 0 aliphatic carbocycles. The molecule has 0 aromatic rings. The van der Waals surface area contributed by atoms with Gasteiger partial charge in [0.1, 0.15) is 0 Å². The lowest BCUT2D eigenvalue weighted by Crippen LogP contribution is -2.11. The summed E-state index contributed by atoms with van der Waals surface area (Å²) in [6, 6.07) is 0. The number of hydrogen-bond donors (Lipinski definition) is 2. The minimum Gasteiger partial charge on any atom is -0.303 e. The van der Waals surface area contributed by atoms with Crippen LogP contribution in [0.15, 0.2) is 0 Å². The van der Waals surface area contributed by atoms with Gasteiger partial charge in [0, 0.05) is 10.2 Å². The Morgan fingerprint density at radius 3 is 2.43 bits per heavy atom. The molecule has 2 unspecified atom stereocenters. The zero-order valence-corrected chi connectivity index (χ0v) is 12.1. The molecule has 0 aliphatic rings. The van der Waals surface area contributed by atoms with E-state index in [-0.39, 0.29) is 12.0 Å². The van der Waals surface area contributed by atoms with Crippen LogP contribution in [0.3, 0.4) is 0 Å². The first-order chi connectivity index (χ1) is 6.35. The molecule has 0 rings (SSSR count). The molecule has 0 fully saturated rings. The summed E-state index contributed by atoms with van der Waals surface area (Å²) in [5.41, 5.74) is 0. The maximum Gasteiger partial charge on any atom is 0.469 e. The largest absolute Gasteiger partial charge is 0.469 e. The number of rotatable bonds is 7. The lowest BCUT2D eigenvalue weighted by Gasteiger charge is -2.12. The molecule has 86 valence electrons. The molecule has 0 aliphatic heterocycles. The molecule has 14 heavy (non-hydrogen) atoms. The molecule has 0 heterocycles. The summed E-state index contributed by atoms with van der Waals surface area (Å²) < 4.78 is 14.6. The Morgan fingerprint density at radius 1 is 1.43 bits per heavy atom. The topological polar surface area (TPSA) is 66.8 Å². The lowest BCUT2D eigenvalue weighted by atomic mass is 10.2. The van der Waals surface area contributed by atoms with Crippen LogP contribution >= 0.6 is 51.3 Å². The van der Waals surface area contributed by atoms with Gasteiger partial charge in [0.05, 0.1) is 12.0 Å². The number of alkyl halides is 3. The van der Waals surface area contributed by atoms with Crippen LogP contribution < -0.4 is 0 Å². The number of phosphoric ester groups is 1. The molecule has 0 spiro atoms. The summed E-state index contributed by atoms with van der Waals surface area (Å²) in [6.45, 7) is -0.131. The van der Waals surface area contributed by atoms with Crippen LogP contribution in [0.25, 0.3) is 0 Å². The van der Waals surface area contributed by atoms with Crippen LogP contribution in [0.1, 0.15) is 12.8 Å². The minimum atomic E-state index is -4.38. The van der Waals surface area contributed by atoms with Crippen LogP contribution in [-0.2, 0) is 9.09 Å². The van der Waals surface area contributed by atoms with Gasteiger partial charge in [-0.1, -0.05) is 31.9 Å². The van der Waals surface area contributed by atoms with Gasteiger partial charge in [-0.25, -0.2) is 4.57 Å². The van der Waals surface area contributed by atoms with Gasteiger partial charge in [0.2, 0.25) is 0 Å². The molecule has 8 heteroatoms. The van der Waals surface area contributed by atoms with E-state index in [0.29, 0.717) is 11.2 Å². The molecule has 0 radical (unpaired) electrons. The third-order valence-electron chi connectivity index (χ3n) is 1.38. The van der Waals surface area contributed by atoms with Crippen LogP contribution in [0.2, 0.25) is 0 Å². The monoisotopic (exact) mass is 372 g/mol. The fourth-order valence-corrected chi connectivity index (χ4v) is 1.94. The second kappa shape index (κ2) is 7.60. The molecule has 4 nitrogen and oxygen atoms in total. The molecule has 0 aromatic heterocycles. The lowest BCUT2D eigenvalue weighted by molar-refractivity contribution is 0.195. The van der Waals surface area contributed by atoms with Crippen molar-refractivity contribution in [1.29, 1.82) is 0 Å². The van der Waals surface area contributed by atoms with Gasteiger partial charge in [-0.3, -0.25) is 4.52 Å². The molecular formula is C6H12Br2ClO4P. The van der Waals surface area contributed by atoms with Crippen molar-refractivity contribution in [2.24, 2.45) is 0 Å². The third kappa shape index (κ3) is 9.90. The van der Waals surface area contributed by atoms with Crippen molar-refractivity contribution in [3.63, 3.8) is 0 Å². The fraction of sp³-hybridized carbons (Fsp3) is 1.00. The molecule has 0 aromatic carbocycles. The quantitative estimate of drug-likeness (QED) is 0.531.